The van der Waals surface area contributed by atoms with Crippen LogP contribution in [0.1, 0.15) is 26.7 Å². The minimum atomic E-state index is -0.801. The molecule has 1 aliphatic rings. The van der Waals surface area contributed by atoms with E-state index >= 15 is 0 Å². The third kappa shape index (κ3) is 2.87. The number of amides is 2. The highest BCUT2D eigenvalue weighted by Gasteiger charge is 2.29. The molecule has 0 aromatic carbocycles. The van der Waals surface area contributed by atoms with Gasteiger partial charge in [0.1, 0.15) is 0 Å². The molecule has 1 atom stereocenters. The van der Waals surface area contributed by atoms with Gasteiger partial charge in [-0.25, -0.2) is 4.79 Å². The Bertz CT molecular complexity index is 278. The van der Waals surface area contributed by atoms with Crippen LogP contribution >= 0.6 is 0 Å². The Morgan fingerprint density at radius 3 is 2.56 bits per heavy atom. The Morgan fingerprint density at radius 2 is 2.06 bits per heavy atom. The van der Waals surface area contributed by atoms with Gasteiger partial charge < -0.3 is 14.9 Å². The molecule has 1 fully saturated rings. The summed E-state index contributed by atoms with van der Waals surface area (Å²) in [6.07, 6.45) is 1.44. The standard InChI is InChI=1S/C11H20N2O3/c1-8(2)12(3)11(16)13-6-4-5-9(7-13)10(14)15/h8-9H,4-7H2,1-3H3,(H,14,15)/t9-/m1/s1. The summed E-state index contributed by atoms with van der Waals surface area (Å²) in [4.78, 5) is 26.1. The van der Waals surface area contributed by atoms with Crippen molar-refractivity contribution in [1.29, 1.82) is 0 Å². The molecule has 0 radical (unpaired) electrons. The largest absolute Gasteiger partial charge is 0.481 e. The first kappa shape index (κ1) is 12.8. The van der Waals surface area contributed by atoms with Crippen molar-refractivity contribution < 1.29 is 14.7 Å². The molecule has 0 aromatic heterocycles. The molecular weight excluding hydrogens is 208 g/mol. The zero-order valence-corrected chi connectivity index (χ0v) is 10.1. The maximum absolute atomic E-state index is 12.0. The third-order valence-electron chi connectivity index (χ3n) is 3.12. The van der Waals surface area contributed by atoms with E-state index in [-0.39, 0.29) is 12.1 Å². The van der Waals surface area contributed by atoms with Crippen molar-refractivity contribution in [2.45, 2.75) is 32.7 Å². The molecule has 5 nitrogen and oxygen atoms in total. The van der Waals surface area contributed by atoms with Gasteiger partial charge in [-0.3, -0.25) is 4.79 Å². The van der Waals surface area contributed by atoms with E-state index in [1.807, 2.05) is 13.8 Å². The second-order valence-corrected chi connectivity index (χ2v) is 4.61. The van der Waals surface area contributed by atoms with Gasteiger partial charge in [-0.05, 0) is 26.7 Å². The van der Waals surface area contributed by atoms with E-state index in [1.54, 1.807) is 16.8 Å². The number of likely N-dealkylation sites (tertiary alicyclic amines) is 1. The Balaban J connectivity index is 2.60. The van der Waals surface area contributed by atoms with Gasteiger partial charge in [-0.2, -0.15) is 0 Å². The second kappa shape index (κ2) is 5.18. The average Bonchev–Trinajstić information content (AvgIpc) is 2.27. The van der Waals surface area contributed by atoms with Crippen LogP contribution in [0.15, 0.2) is 0 Å². The van der Waals surface area contributed by atoms with E-state index in [0.29, 0.717) is 19.5 Å². The van der Waals surface area contributed by atoms with Gasteiger partial charge in [-0.1, -0.05) is 0 Å². The van der Waals surface area contributed by atoms with Crippen molar-refractivity contribution in [2.75, 3.05) is 20.1 Å². The van der Waals surface area contributed by atoms with Crippen LogP contribution in [0.25, 0.3) is 0 Å². The first-order chi connectivity index (χ1) is 7.43. The molecule has 92 valence electrons. The molecule has 1 rings (SSSR count). The highest BCUT2D eigenvalue weighted by molar-refractivity contribution is 5.76. The van der Waals surface area contributed by atoms with Crippen molar-refractivity contribution in [3.63, 3.8) is 0 Å². The molecular formula is C11H20N2O3. The number of carboxylic acid groups (broad SMARTS) is 1. The normalized spacial score (nSPS) is 21.0. The predicted octanol–water partition coefficient (Wildman–Crippen LogP) is 1.24. The summed E-state index contributed by atoms with van der Waals surface area (Å²) in [6.45, 7) is 4.89. The summed E-state index contributed by atoms with van der Waals surface area (Å²) in [6, 6.07) is 0.0682. The molecule has 0 bridgehead atoms. The Hall–Kier alpha value is -1.26. The molecule has 5 heteroatoms. The summed E-state index contributed by atoms with van der Waals surface area (Å²) in [5.74, 6) is -1.21. The smallest absolute Gasteiger partial charge is 0.319 e. The van der Waals surface area contributed by atoms with Crippen molar-refractivity contribution >= 4 is 12.0 Å². The number of hydrogen-bond donors (Lipinski definition) is 1. The first-order valence-corrected chi connectivity index (χ1v) is 5.68. The van der Waals surface area contributed by atoms with Crippen LogP contribution in [0.5, 0.6) is 0 Å². The fourth-order valence-corrected chi connectivity index (χ4v) is 1.80. The Labute approximate surface area is 96.0 Å². The van der Waals surface area contributed by atoms with E-state index in [0.717, 1.165) is 6.42 Å². The van der Waals surface area contributed by atoms with Gasteiger partial charge in [0, 0.05) is 26.2 Å². The molecule has 16 heavy (non-hydrogen) atoms. The van der Waals surface area contributed by atoms with Gasteiger partial charge in [0.2, 0.25) is 0 Å². The van der Waals surface area contributed by atoms with Crippen LogP contribution in [0.4, 0.5) is 4.79 Å². The average molecular weight is 228 g/mol. The van der Waals surface area contributed by atoms with Crippen molar-refractivity contribution in [2.24, 2.45) is 5.92 Å². The fraction of sp³-hybridized carbons (Fsp3) is 0.818. The number of piperidine rings is 1. The lowest BCUT2D eigenvalue weighted by molar-refractivity contribution is -0.143. The molecule has 1 N–H and O–H groups in total. The number of nitrogens with zero attached hydrogens (tertiary/aromatic N) is 2. The highest BCUT2D eigenvalue weighted by Crippen LogP contribution is 2.18. The van der Waals surface area contributed by atoms with Gasteiger partial charge in [0.25, 0.3) is 0 Å². The summed E-state index contributed by atoms with van der Waals surface area (Å²) < 4.78 is 0. The Morgan fingerprint density at radius 1 is 1.44 bits per heavy atom. The molecule has 1 heterocycles. The molecule has 1 saturated heterocycles. The number of carboxylic acids is 1. The summed E-state index contributed by atoms with van der Waals surface area (Å²) in [5, 5.41) is 8.93. The Kier molecular flexibility index (Phi) is 4.15. The topological polar surface area (TPSA) is 60.9 Å². The van der Waals surface area contributed by atoms with Crippen molar-refractivity contribution in [3.05, 3.63) is 0 Å². The number of urea groups is 1. The molecule has 0 spiro atoms. The number of rotatable bonds is 2. The van der Waals surface area contributed by atoms with Gasteiger partial charge in [-0.15, -0.1) is 0 Å². The van der Waals surface area contributed by atoms with Crippen LogP contribution in [-0.4, -0.2) is 53.1 Å². The lowest BCUT2D eigenvalue weighted by Crippen LogP contribution is -2.49. The molecule has 0 unspecified atom stereocenters. The molecule has 0 aliphatic carbocycles. The lowest BCUT2D eigenvalue weighted by Gasteiger charge is -2.35. The fourth-order valence-electron chi connectivity index (χ4n) is 1.80. The second-order valence-electron chi connectivity index (χ2n) is 4.61. The summed E-state index contributed by atoms with van der Waals surface area (Å²) in [7, 11) is 1.75. The van der Waals surface area contributed by atoms with E-state index in [1.165, 1.54) is 0 Å². The van der Waals surface area contributed by atoms with Crippen LogP contribution in [-0.2, 0) is 4.79 Å². The monoisotopic (exact) mass is 228 g/mol. The van der Waals surface area contributed by atoms with Crippen LogP contribution in [0.3, 0.4) is 0 Å². The molecule has 0 saturated carbocycles. The van der Waals surface area contributed by atoms with Crippen molar-refractivity contribution in [3.8, 4) is 0 Å². The number of aliphatic carboxylic acids is 1. The third-order valence-corrected chi connectivity index (χ3v) is 3.12. The minimum absolute atomic E-state index is 0.0686. The van der Waals surface area contributed by atoms with Crippen LogP contribution in [0, 0.1) is 5.92 Å². The van der Waals surface area contributed by atoms with Gasteiger partial charge >= 0.3 is 12.0 Å². The highest BCUT2D eigenvalue weighted by atomic mass is 16.4. The van der Waals surface area contributed by atoms with Crippen LogP contribution < -0.4 is 0 Å². The zero-order valence-electron chi connectivity index (χ0n) is 10.1. The minimum Gasteiger partial charge on any atom is -0.481 e. The maximum atomic E-state index is 12.0. The van der Waals surface area contributed by atoms with Gasteiger partial charge in [0.15, 0.2) is 0 Å². The molecule has 2 amide bonds. The zero-order chi connectivity index (χ0) is 12.3. The SMILES string of the molecule is CC(C)N(C)C(=O)N1CCC[C@@H](C(=O)O)C1. The quantitative estimate of drug-likeness (QED) is 0.773. The van der Waals surface area contributed by atoms with E-state index in [9.17, 15) is 9.59 Å². The van der Waals surface area contributed by atoms with E-state index in [4.69, 9.17) is 5.11 Å². The van der Waals surface area contributed by atoms with E-state index in [2.05, 4.69) is 0 Å². The number of hydrogen-bond acceptors (Lipinski definition) is 2. The first-order valence-electron chi connectivity index (χ1n) is 5.68. The van der Waals surface area contributed by atoms with Crippen LogP contribution in [0.2, 0.25) is 0 Å². The van der Waals surface area contributed by atoms with E-state index < -0.39 is 11.9 Å². The van der Waals surface area contributed by atoms with Crippen molar-refractivity contribution in [1.82, 2.24) is 9.80 Å². The summed E-state index contributed by atoms with van der Waals surface area (Å²) >= 11 is 0. The number of carbonyl (C=O) groups is 2. The molecule has 1 aliphatic heterocycles. The number of carbonyl (C=O) groups excluding carboxylic acids is 1. The summed E-state index contributed by atoms with van der Waals surface area (Å²) in [5.41, 5.74) is 0. The predicted molar refractivity (Wildman–Crippen MR) is 60.2 cm³/mol. The maximum Gasteiger partial charge on any atom is 0.319 e. The lowest BCUT2D eigenvalue weighted by atomic mass is 9.98. The molecule has 0 aromatic rings. The van der Waals surface area contributed by atoms with Gasteiger partial charge in [0.05, 0.1) is 5.92 Å².